The fourth-order valence-electron chi connectivity index (χ4n) is 3.20. The molecule has 0 unspecified atom stereocenters. The highest BCUT2D eigenvalue weighted by molar-refractivity contribution is 6.31. The average Bonchev–Trinajstić information content (AvgIpc) is 3.33. The van der Waals surface area contributed by atoms with Crippen LogP contribution in [-0.4, -0.2) is 24.0 Å². The van der Waals surface area contributed by atoms with Crippen molar-refractivity contribution in [3.05, 3.63) is 45.7 Å². The molecule has 5 heteroatoms. The van der Waals surface area contributed by atoms with Crippen molar-refractivity contribution in [2.45, 2.75) is 39.7 Å². The van der Waals surface area contributed by atoms with Gasteiger partial charge in [0, 0.05) is 34.1 Å². The number of hydrogen-bond acceptors (Lipinski definition) is 3. The van der Waals surface area contributed by atoms with Crippen molar-refractivity contribution in [3.63, 3.8) is 0 Å². The Labute approximate surface area is 147 Å². The predicted octanol–water partition coefficient (Wildman–Crippen LogP) is 4.71. The van der Waals surface area contributed by atoms with Crippen molar-refractivity contribution < 1.29 is 9.53 Å². The van der Waals surface area contributed by atoms with Gasteiger partial charge in [-0.25, -0.2) is 0 Å². The summed E-state index contributed by atoms with van der Waals surface area (Å²) in [7, 11) is 1.59. The number of aromatic nitrogens is 1. The highest BCUT2D eigenvalue weighted by Crippen LogP contribution is 2.38. The molecule has 1 aromatic heterocycles. The monoisotopic (exact) mass is 346 g/mol. The summed E-state index contributed by atoms with van der Waals surface area (Å²) in [6.45, 7) is 6.26. The van der Waals surface area contributed by atoms with E-state index in [0.717, 1.165) is 22.5 Å². The number of Topliss-reactive ketones (excluding diaryl/α,β-unsaturated/α-hetero) is 1. The Kier molecular flexibility index (Phi) is 4.59. The first-order valence-electron chi connectivity index (χ1n) is 8.22. The number of anilines is 1. The molecule has 24 heavy (non-hydrogen) atoms. The first kappa shape index (κ1) is 16.9. The van der Waals surface area contributed by atoms with E-state index in [1.54, 1.807) is 13.2 Å². The second kappa shape index (κ2) is 6.52. The van der Waals surface area contributed by atoms with Gasteiger partial charge in [-0.3, -0.25) is 4.79 Å². The maximum atomic E-state index is 12.7. The number of halogens is 1. The third kappa shape index (κ3) is 3.16. The van der Waals surface area contributed by atoms with Crippen LogP contribution in [-0.2, 0) is 0 Å². The molecule has 1 fully saturated rings. The Morgan fingerprint density at radius 2 is 2.00 bits per heavy atom. The zero-order valence-corrected chi connectivity index (χ0v) is 15.3. The van der Waals surface area contributed by atoms with Gasteiger partial charge >= 0.3 is 0 Å². The van der Waals surface area contributed by atoms with E-state index in [9.17, 15) is 4.79 Å². The summed E-state index contributed by atoms with van der Waals surface area (Å²) in [5, 5.41) is 3.84. The van der Waals surface area contributed by atoms with E-state index >= 15 is 0 Å². The summed E-state index contributed by atoms with van der Waals surface area (Å²) < 4.78 is 7.64. The normalized spacial score (nSPS) is 13.9. The molecule has 2 aromatic rings. The van der Waals surface area contributed by atoms with E-state index in [1.165, 1.54) is 18.5 Å². The largest absolute Gasteiger partial charge is 0.495 e. The van der Waals surface area contributed by atoms with Gasteiger partial charge in [-0.2, -0.15) is 0 Å². The van der Waals surface area contributed by atoms with Crippen LogP contribution in [0.4, 0.5) is 5.69 Å². The van der Waals surface area contributed by atoms with Gasteiger partial charge < -0.3 is 14.6 Å². The molecule has 0 amide bonds. The van der Waals surface area contributed by atoms with E-state index in [0.29, 0.717) is 16.8 Å². The molecule has 0 aliphatic heterocycles. The Morgan fingerprint density at radius 1 is 1.29 bits per heavy atom. The fourth-order valence-corrected chi connectivity index (χ4v) is 3.35. The predicted molar refractivity (Wildman–Crippen MR) is 97.7 cm³/mol. The van der Waals surface area contributed by atoms with Gasteiger partial charge in [-0.1, -0.05) is 11.6 Å². The molecule has 0 spiro atoms. The molecule has 3 rings (SSSR count). The summed E-state index contributed by atoms with van der Waals surface area (Å²) in [6, 6.07) is 6.26. The topological polar surface area (TPSA) is 43.3 Å². The van der Waals surface area contributed by atoms with Crippen molar-refractivity contribution in [2.75, 3.05) is 19.0 Å². The molecule has 1 N–H and O–H groups in total. The lowest BCUT2D eigenvalue weighted by Gasteiger charge is -2.13. The van der Waals surface area contributed by atoms with E-state index < -0.39 is 0 Å². The second-order valence-corrected chi connectivity index (χ2v) is 6.87. The third-order valence-electron chi connectivity index (χ3n) is 4.62. The molecule has 1 aromatic carbocycles. The zero-order valence-electron chi connectivity index (χ0n) is 14.6. The van der Waals surface area contributed by atoms with Gasteiger partial charge in [-0.05, 0) is 51.3 Å². The number of nitrogens with one attached hydrogen (secondary N) is 1. The van der Waals surface area contributed by atoms with Gasteiger partial charge in [-0.15, -0.1) is 0 Å². The number of aryl methyl sites for hydroxylation is 2. The summed E-state index contributed by atoms with van der Waals surface area (Å²) >= 11 is 6.12. The van der Waals surface area contributed by atoms with E-state index in [4.69, 9.17) is 16.3 Å². The van der Waals surface area contributed by atoms with Crippen molar-refractivity contribution >= 4 is 23.1 Å². The number of hydrogen-bond donors (Lipinski definition) is 1. The summed E-state index contributed by atoms with van der Waals surface area (Å²) in [4.78, 5) is 12.7. The maximum absolute atomic E-state index is 12.7. The van der Waals surface area contributed by atoms with E-state index in [1.807, 2.05) is 26.0 Å². The first-order chi connectivity index (χ1) is 11.4. The molecule has 1 saturated carbocycles. The van der Waals surface area contributed by atoms with Gasteiger partial charge in [0.05, 0.1) is 19.3 Å². The quantitative estimate of drug-likeness (QED) is 0.770. The Hall–Kier alpha value is -1.94. The molecule has 1 heterocycles. The molecule has 1 aliphatic carbocycles. The SMILES string of the molecule is COc1cc(Cl)c(C)cc1NCC(=O)c1cc(C)n(C2CC2)c1C. The molecule has 128 valence electrons. The number of carbonyl (C=O) groups excluding carboxylic acids is 1. The van der Waals surface area contributed by atoms with E-state index in [2.05, 4.69) is 16.8 Å². The van der Waals surface area contributed by atoms with Crippen molar-refractivity contribution in [3.8, 4) is 5.75 Å². The third-order valence-corrected chi connectivity index (χ3v) is 5.02. The van der Waals surface area contributed by atoms with Crippen molar-refractivity contribution in [1.29, 1.82) is 0 Å². The standard InChI is InChI=1S/C19H23ClN2O2/c1-11-7-17(19(24-4)9-16(11)20)21-10-18(23)15-8-12(2)22(13(15)3)14-5-6-14/h7-9,14,21H,5-6,10H2,1-4H3. The van der Waals surface area contributed by atoms with Gasteiger partial charge in [0.1, 0.15) is 5.75 Å². The number of carbonyl (C=O) groups is 1. The van der Waals surface area contributed by atoms with Crippen LogP contribution in [0.25, 0.3) is 0 Å². The molecule has 0 saturated heterocycles. The molecule has 0 radical (unpaired) electrons. The Bertz CT molecular complexity index is 791. The lowest BCUT2D eigenvalue weighted by Crippen LogP contribution is -2.15. The number of benzene rings is 1. The van der Waals surface area contributed by atoms with Crippen LogP contribution >= 0.6 is 11.6 Å². The van der Waals surface area contributed by atoms with Crippen LogP contribution < -0.4 is 10.1 Å². The molecule has 0 bridgehead atoms. The van der Waals surface area contributed by atoms with Crippen molar-refractivity contribution in [2.24, 2.45) is 0 Å². The minimum Gasteiger partial charge on any atom is -0.495 e. The fraction of sp³-hybridized carbons (Fsp3) is 0.421. The minimum atomic E-state index is 0.0876. The summed E-state index contributed by atoms with van der Waals surface area (Å²) in [5.74, 6) is 0.728. The first-order valence-corrected chi connectivity index (χ1v) is 8.59. The van der Waals surface area contributed by atoms with Crippen LogP contribution in [0.3, 0.4) is 0 Å². The second-order valence-electron chi connectivity index (χ2n) is 6.46. The number of ether oxygens (including phenoxy) is 1. The van der Waals surface area contributed by atoms with Crippen molar-refractivity contribution in [1.82, 2.24) is 4.57 Å². The smallest absolute Gasteiger partial charge is 0.183 e. The number of nitrogens with zero attached hydrogens (tertiary/aromatic N) is 1. The van der Waals surface area contributed by atoms with Crippen LogP contribution in [0, 0.1) is 20.8 Å². The molecule has 0 atom stereocenters. The van der Waals surface area contributed by atoms with Gasteiger partial charge in [0.15, 0.2) is 5.78 Å². The number of rotatable bonds is 6. The van der Waals surface area contributed by atoms with Crippen LogP contribution in [0.2, 0.25) is 5.02 Å². The summed E-state index contributed by atoms with van der Waals surface area (Å²) in [6.07, 6.45) is 2.42. The number of methoxy groups -OCH3 is 1. The van der Waals surface area contributed by atoms with Crippen LogP contribution in [0.5, 0.6) is 5.75 Å². The molecular weight excluding hydrogens is 324 g/mol. The molecular formula is C19H23ClN2O2. The molecule has 1 aliphatic rings. The minimum absolute atomic E-state index is 0.0876. The number of ketones is 1. The zero-order chi connectivity index (χ0) is 17.4. The summed E-state index contributed by atoms with van der Waals surface area (Å²) in [5.41, 5.74) is 4.76. The van der Waals surface area contributed by atoms with E-state index in [-0.39, 0.29) is 12.3 Å². The average molecular weight is 347 g/mol. The Morgan fingerprint density at radius 3 is 2.62 bits per heavy atom. The van der Waals surface area contributed by atoms with Crippen LogP contribution in [0.15, 0.2) is 18.2 Å². The van der Waals surface area contributed by atoms with Crippen LogP contribution in [0.1, 0.15) is 46.2 Å². The van der Waals surface area contributed by atoms with Gasteiger partial charge in [0.2, 0.25) is 0 Å². The maximum Gasteiger partial charge on any atom is 0.183 e. The highest BCUT2D eigenvalue weighted by atomic mass is 35.5. The van der Waals surface area contributed by atoms with Gasteiger partial charge in [0.25, 0.3) is 0 Å². The highest BCUT2D eigenvalue weighted by Gasteiger charge is 2.28. The Balaban J connectivity index is 1.77. The lowest BCUT2D eigenvalue weighted by atomic mass is 10.1. The molecule has 4 nitrogen and oxygen atoms in total. The lowest BCUT2D eigenvalue weighted by molar-refractivity contribution is 0.101.